The van der Waals surface area contributed by atoms with Crippen molar-refractivity contribution in [2.24, 2.45) is 0 Å². The second kappa shape index (κ2) is 10.9. The monoisotopic (exact) mass is 467 g/mol. The standard InChI is InChI=1S/C24H25N3O5S/c1-5-7-19(28)26-17-11-9-16(10-12-17)21(29)15(3)32-24(30)20-14(2)25-22(27-23(20)33-4)18-8-6-13-31-18/h6,8-13,15H,5,7H2,1-4H3,(H,26,28). The van der Waals surface area contributed by atoms with E-state index in [0.29, 0.717) is 40.0 Å². The molecule has 0 aliphatic carbocycles. The molecule has 0 aliphatic heterocycles. The van der Waals surface area contributed by atoms with Crippen LogP contribution in [0.25, 0.3) is 11.6 Å². The number of ether oxygens (including phenoxy) is 1. The van der Waals surface area contributed by atoms with Crippen molar-refractivity contribution in [3.05, 3.63) is 59.5 Å². The number of carbonyl (C=O) groups excluding carboxylic acids is 3. The number of hydrogen-bond acceptors (Lipinski definition) is 8. The Balaban J connectivity index is 1.72. The van der Waals surface area contributed by atoms with Gasteiger partial charge < -0.3 is 14.5 Å². The normalized spacial score (nSPS) is 11.6. The predicted octanol–water partition coefficient (Wildman–Crippen LogP) is 4.93. The first-order valence-electron chi connectivity index (χ1n) is 10.5. The van der Waals surface area contributed by atoms with Crippen molar-refractivity contribution >= 4 is 35.1 Å². The molecule has 0 radical (unpaired) electrons. The molecule has 33 heavy (non-hydrogen) atoms. The number of hydrogen-bond donors (Lipinski definition) is 1. The fourth-order valence-electron chi connectivity index (χ4n) is 3.12. The fraction of sp³-hybridized carbons (Fsp3) is 0.292. The zero-order valence-electron chi connectivity index (χ0n) is 18.9. The van der Waals surface area contributed by atoms with Crippen molar-refractivity contribution in [3.63, 3.8) is 0 Å². The van der Waals surface area contributed by atoms with E-state index in [9.17, 15) is 14.4 Å². The van der Waals surface area contributed by atoms with Gasteiger partial charge in [0.05, 0.1) is 12.0 Å². The summed E-state index contributed by atoms with van der Waals surface area (Å²) in [6, 6.07) is 9.94. The van der Waals surface area contributed by atoms with Gasteiger partial charge in [0, 0.05) is 17.7 Å². The highest BCUT2D eigenvalue weighted by Gasteiger charge is 2.25. The maximum absolute atomic E-state index is 12.9. The summed E-state index contributed by atoms with van der Waals surface area (Å²) in [6.07, 6.45) is 3.47. The van der Waals surface area contributed by atoms with Crippen LogP contribution in [0.4, 0.5) is 5.69 Å². The molecule has 2 heterocycles. The van der Waals surface area contributed by atoms with Crippen LogP contribution in [0.1, 0.15) is 53.1 Å². The molecule has 8 nitrogen and oxygen atoms in total. The summed E-state index contributed by atoms with van der Waals surface area (Å²) >= 11 is 1.28. The first kappa shape index (κ1) is 24.2. The molecule has 0 bridgehead atoms. The Morgan fingerprint density at radius 3 is 2.48 bits per heavy atom. The lowest BCUT2D eigenvalue weighted by molar-refractivity contribution is -0.116. The summed E-state index contributed by atoms with van der Waals surface area (Å²) in [4.78, 5) is 46.2. The van der Waals surface area contributed by atoms with Gasteiger partial charge >= 0.3 is 5.97 Å². The lowest BCUT2D eigenvalue weighted by Gasteiger charge is -2.15. The van der Waals surface area contributed by atoms with Gasteiger partial charge in [-0.1, -0.05) is 6.92 Å². The molecule has 1 aromatic carbocycles. The molecule has 3 aromatic rings. The number of carbonyl (C=O) groups is 3. The summed E-state index contributed by atoms with van der Waals surface area (Å²) < 4.78 is 10.8. The van der Waals surface area contributed by atoms with Crippen LogP contribution in [0.3, 0.4) is 0 Å². The van der Waals surface area contributed by atoms with Crippen LogP contribution in [0.2, 0.25) is 0 Å². The first-order chi connectivity index (χ1) is 15.8. The Kier molecular flexibility index (Phi) is 8.00. The predicted molar refractivity (Wildman–Crippen MR) is 125 cm³/mol. The Morgan fingerprint density at radius 2 is 1.88 bits per heavy atom. The Morgan fingerprint density at radius 1 is 1.15 bits per heavy atom. The third-order valence-corrected chi connectivity index (χ3v) is 5.46. The third-order valence-electron chi connectivity index (χ3n) is 4.78. The summed E-state index contributed by atoms with van der Waals surface area (Å²) in [5.74, 6) is -0.252. The number of benzene rings is 1. The number of nitrogens with zero attached hydrogens (tertiary/aromatic N) is 2. The Labute approximate surface area is 196 Å². The van der Waals surface area contributed by atoms with Crippen molar-refractivity contribution in [1.82, 2.24) is 9.97 Å². The quantitative estimate of drug-likeness (QED) is 0.204. The van der Waals surface area contributed by atoms with E-state index in [1.54, 1.807) is 49.6 Å². The van der Waals surface area contributed by atoms with Crippen LogP contribution in [0.15, 0.2) is 52.1 Å². The van der Waals surface area contributed by atoms with Gasteiger partial charge in [-0.15, -0.1) is 11.8 Å². The smallest absolute Gasteiger partial charge is 0.343 e. The topological polar surface area (TPSA) is 111 Å². The number of aryl methyl sites for hydroxylation is 1. The fourth-order valence-corrected chi connectivity index (χ4v) is 3.73. The van der Waals surface area contributed by atoms with E-state index in [1.165, 1.54) is 24.9 Å². The van der Waals surface area contributed by atoms with Gasteiger partial charge in [-0.3, -0.25) is 9.59 Å². The third kappa shape index (κ3) is 5.87. The molecule has 1 N–H and O–H groups in total. The minimum atomic E-state index is -1.02. The van der Waals surface area contributed by atoms with Crippen molar-refractivity contribution in [1.29, 1.82) is 0 Å². The van der Waals surface area contributed by atoms with Crippen LogP contribution in [0.5, 0.6) is 0 Å². The summed E-state index contributed by atoms with van der Waals surface area (Å²) in [5, 5.41) is 3.20. The van der Waals surface area contributed by atoms with E-state index < -0.39 is 12.1 Å². The van der Waals surface area contributed by atoms with Crippen molar-refractivity contribution in [3.8, 4) is 11.6 Å². The molecule has 1 amide bonds. The zero-order chi connectivity index (χ0) is 24.0. The number of aromatic nitrogens is 2. The van der Waals surface area contributed by atoms with Crippen molar-refractivity contribution < 1.29 is 23.5 Å². The van der Waals surface area contributed by atoms with E-state index >= 15 is 0 Å². The molecule has 9 heteroatoms. The second-order valence-corrected chi connectivity index (χ2v) is 8.08. The van der Waals surface area contributed by atoms with Crippen LogP contribution >= 0.6 is 11.8 Å². The van der Waals surface area contributed by atoms with E-state index in [4.69, 9.17) is 9.15 Å². The molecule has 0 saturated carbocycles. The maximum Gasteiger partial charge on any atom is 0.343 e. The van der Waals surface area contributed by atoms with E-state index in [1.807, 2.05) is 6.92 Å². The molecule has 1 atom stereocenters. The zero-order valence-corrected chi connectivity index (χ0v) is 19.7. The molecule has 172 valence electrons. The van der Waals surface area contributed by atoms with Crippen LogP contribution in [-0.4, -0.2) is 40.0 Å². The van der Waals surface area contributed by atoms with Gasteiger partial charge in [-0.2, -0.15) is 0 Å². The summed E-state index contributed by atoms with van der Waals surface area (Å²) in [5.41, 5.74) is 1.61. The number of nitrogens with one attached hydrogen (secondary N) is 1. The van der Waals surface area contributed by atoms with Gasteiger partial charge in [0.25, 0.3) is 0 Å². The van der Waals surface area contributed by atoms with Gasteiger partial charge in [-0.05, 0) is 62.9 Å². The highest BCUT2D eigenvalue weighted by Crippen LogP contribution is 2.26. The van der Waals surface area contributed by atoms with Crippen LogP contribution in [0, 0.1) is 6.92 Å². The number of rotatable bonds is 9. The Hall–Kier alpha value is -3.46. The number of Topliss-reactive ketones (excluding diaryl/α,β-unsaturated/α-hetero) is 1. The van der Waals surface area contributed by atoms with E-state index in [2.05, 4.69) is 15.3 Å². The second-order valence-electron chi connectivity index (χ2n) is 7.28. The largest absolute Gasteiger partial charge is 0.461 e. The lowest BCUT2D eigenvalue weighted by Crippen LogP contribution is -2.25. The molecule has 0 spiro atoms. The molecule has 3 rings (SSSR count). The SMILES string of the molecule is CCCC(=O)Nc1ccc(C(=O)C(C)OC(=O)c2c(C)nc(-c3ccco3)nc2SC)cc1. The average molecular weight is 468 g/mol. The molecule has 1 unspecified atom stereocenters. The Bertz CT molecular complexity index is 1140. The number of anilines is 1. The van der Waals surface area contributed by atoms with Crippen LogP contribution in [-0.2, 0) is 9.53 Å². The summed E-state index contributed by atoms with van der Waals surface area (Å²) in [7, 11) is 0. The minimum Gasteiger partial charge on any atom is -0.461 e. The highest BCUT2D eigenvalue weighted by atomic mass is 32.2. The van der Waals surface area contributed by atoms with E-state index in [-0.39, 0.29) is 17.3 Å². The van der Waals surface area contributed by atoms with Crippen LogP contribution < -0.4 is 5.32 Å². The highest BCUT2D eigenvalue weighted by molar-refractivity contribution is 7.98. The number of ketones is 1. The van der Waals surface area contributed by atoms with Crippen molar-refractivity contribution in [2.45, 2.75) is 44.7 Å². The number of thioether (sulfide) groups is 1. The molecule has 0 aliphatic rings. The lowest BCUT2D eigenvalue weighted by atomic mass is 10.1. The number of amides is 1. The average Bonchev–Trinajstić information content (AvgIpc) is 3.33. The molecule has 0 fully saturated rings. The molecular weight excluding hydrogens is 442 g/mol. The first-order valence-corrected chi connectivity index (χ1v) is 11.7. The molecule has 2 aromatic heterocycles. The van der Waals surface area contributed by atoms with Gasteiger partial charge in [-0.25, -0.2) is 14.8 Å². The van der Waals surface area contributed by atoms with Gasteiger partial charge in [0.15, 0.2) is 17.7 Å². The maximum atomic E-state index is 12.9. The summed E-state index contributed by atoms with van der Waals surface area (Å²) in [6.45, 7) is 5.12. The number of esters is 1. The van der Waals surface area contributed by atoms with Gasteiger partial charge in [0.1, 0.15) is 10.6 Å². The van der Waals surface area contributed by atoms with Crippen molar-refractivity contribution in [2.75, 3.05) is 11.6 Å². The molecular formula is C24H25N3O5S. The number of furan rings is 1. The van der Waals surface area contributed by atoms with Gasteiger partial charge in [0.2, 0.25) is 11.7 Å². The van der Waals surface area contributed by atoms with E-state index in [0.717, 1.165) is 6.42 Å². The minimum absolute atomic E-state index is 0.0841. The molecule has 0 saturated heterocycles.